The Morgan fingerprint density at radius 2 is 1.88 bits per heavy atom. The number of likely N-dealkylation sites (tertiary alicyclic amines) is 1. The Balaban J connectivity index is 1.45. The van der Waals surface area contributed by atoms with E-state index in [0.29, 0.717) is 24.0 Å². The van der Waals surface area contributed by atoms with Gasteiger partial charge >= 0.3 is 6.03 Å². The first-order valence-electron chi connectivity index (χ1n) is 16.0. The van der Waals surface area contributed by atoms with Crippen LogP contribution in [-0.2, 0) is 29.2 Å². The molecule has 16 heteroatoms. The second-order valence-corrected chi connectivity index (χ2v) is 15.8. The Hall–Kier alpha value is -4.44. The third-order valence-corrected chi connectivity index (χ3v) is 11.1. The maximum absolute atomic E-state index is 14.4. The number of sulfonamides is 1. The van der Waals surface area contributed by atoms with E-state index in [0.717, 1.165) is 10.4 Å². The highest BCUT2D eigenvalue weighted by Crippen LogP contribution is 2.45. The Labute approximate surface area is 285 Å². The monoisotopic (exact) mass is 700 g/mol. The quantitative estimate of drug-likeness (QED) is 0.218. The number of hydroxylamine groups is 2. The van der Waals surface area contributed by atoms with Crippen molar-refractivity contribution in [2.45, 2.75) is 75.4 Å². The fourth-order valence-electron chi connectivity index (χ4n) is 6.01. The molecule has 5 rings (SSSR count). The summed E-state index contributed by atoms with van der Waals surface area (Å²) in [5.41, 5.74) is -2.36. The Morgan fingerprint density at radius 1 is 1.16 bits per heavy atom. The molecule has 1 saturated heterocycles. The number of urea groups is 1. The summed E-state index contributed by atoms with van der Waals surface area (Å²) in [6.45, 7) is 9.02. The fraction of sp³-hybridized carbons (Fsp3) is 0.545. The third-order valence-electron chi connectivity index (χ3n) is 9.25. The van der Waals surface area contributed by atoms with Gasteiger partial charge in [-0.05, 0) is 54.3 Å². The number of amides is 5. The van der Waals surface area contributed by atoms with Crippen molar-refractivity contribution in [3.05, 3.63) is 43.1 Å². The highest BCUT2D eigenvalue weighted by atomic mass is 32.2. The number of carbonyl (C=O) groups is 4. The topological polar surface area (TPSA) is 186 Å². The number of nitrogens with zero attached hydrogens (tertiary/aromatic N) is 3. The number of carbonyl (C=O) groups excluding carboxylic acids is 4. The van der Waals surface area contributed by atoms with Crippen LogP contribution in [0.2, 0.25) is 0 Å². The van der Waals surface area contributed by atoms with Crippen molar-refractivity contribution in [1.82, 2.24) is 30.3 Å². The minimum absolute atomic E-state index is 0.0193. The molecular weight excluding hydrogens is 656 g/mol. The second kappa shape index (κ2) is 13.5. The van der Waals surface area contributed by atoms with Crippen molar-refractivity contribution in [3.8, 4) is 11.6 Å². The van der Waals surface area contributed by atoms with Crippen LogP contribution < -0.4 is 24.8 Å². The molecule has 3 aliphatic rings. The normalized spacial score (nSPS) is 24.0. The largest absolute Gasteiger partial charge is 0.497 e. The molecule has 1 aromatic heterocycles. The molecule has 2 aliphatic carbocycles. The van der Waals surface area contributed by atoms with Gasteiger partial charge in [0.25, 0.3) is 5.91 Å². The smallest absolute Gasteiger partial charge is 0.341 e. The van der Waals surface area contributed by atoms with Gasteiger partial charge in [-0.15, -0.1) is 6.58 Å². The zero-order valence-electron chi connectivity index (χ0n) is 28.5. The Morgan fingerprint density at radius 3 is 2.47 bits per heavy atom. The minimum Gasteiger partial charge on any atom is -0.497 e. The van der Waals surface area contributed by atoms with Crippen LogP contribution in [0.5, 0.6) is 11.6 Å². The van der Waals surface area contributed by atoms with Crippen molar-refractivity contribution < 1.29 is 41.9 Å². The lowest BCUT2D eigenvalue weighted by atomic mass is 9.85. The van der Waals surface area contributed by atoms with E-state index >= 15 is 0 Å². The summed E-state index contributed by atoms with van der Waals surface area (Å²) in [4.78, 5) is 65.5. The van der Waals surface area contributed by atoms with Crippen LogP contribution in [0.15, 0.2) is 43.1 Å². The van der Waals surface area contributed by atoms with E-state index in [2.05, 4.69) is 26.9 Å². The van der Waals surface area contributed by atoms with Crippen molar-refractivity contribution >= 4 is 44.5 Å². The molecule has 3 N–H and O–H groups in total. The molecule has 49 heavy (non-hydrogen) atoms. The van der Waals surface area contributed by atoms with Crippen LogP contribution in [0.1, 0.15) is 46.5 Å². The summed E-state index contributed by atoms with van der Waals surface area (Å²) in [5, 5.41) is 7.27. The molecule has 1 aliphatic heterocycles. The van der Waals surface area contributed by atoms with Gasteiger partial charge in [-0.3, -0.25) is 23.9 Å². The molecule has 5 atom stereocenters. The number of methoxy groups -OCH3 is 1. The number of hydrogen-bond donors (Lipinski definition) is 3. The lowest BCUT2D eigenvalue weighted by Crippen LogP contribution is -2.61. The molecule has 266 valence electrons. The van der Waals surface area contributed by atoms with Gasteiger partial charge in [-0.2, -0.15) is 0 Å². The number of fused-ring (bicyclic) bond motifs is 1. The van der Waals surface area contributed by atoms with Crippen molar-refractivity contribution in [2.24, 2.45) is 11.3 Å². The number of benzene rings is 1. The second-order valence-electron chi connectivity index (χ2n) is 13.8. The average Bonchev–Trinajstić information content (AvgIpc) is 3.98. The number of aromatic nitrogens is 1. The molecule has 5 amide bonds. The van der Waals surface area contributed by atoms with Gasteiger partial charge in [0.05, 0.1) is 26.0 Å². The minimum atomic E-state index is -3.89. The molecule has 0 spiro atoms. The highest BCUT2D eigenvalue weighted by Gasteiger charge is 2.62. The summed E-state index contributed by atoms with van der Waals surface area (Å²) in [7, 11) is 0.371. The molecular formula is C33H44N6O9S. The zero-order valence-corrected chi connectivity index (χ0v) is 29.3. The van der Waals surface area contributed by atoms with E-state index in [-0.39, 0.29) is 25.3 Å². The summed E-state index contributed by atoms with van der Waals surface area (Å²) in [6, 6.07) is 4.29. The van der Waals surface area contributed by atoms with Crippen LogP contribution in [0.25, 0.3) is 10.8 Å². The predicted octanol–water partition coefficient (Wildman–Crippen LogP) is 1.88. The maximum atomic E-state index is 14.4. The van der Waals surface area contributed by atoms with E-state index in [4.69, 9.17) is 14.3 Å². The van der Waals surface area contributed by atoms with Crippen molar-refractivity contribution in [3.63, 3.8) is 0 Å². The van der Waals surface area contributed by atoms with Crippen LogP contribution >= 0.6 is 0 Å². The Bertz CT molecular complexity index is 1760. The lowest BCUT2D eigenvalue weighted by Gasteiger charge is -2.36. The van der Waals surface area contributed by atoms with E-state index in [1.165, 1.54) is 25.1 Å². The van der Waals surface area contributed by atoms with Gasteiger partial charge in [0.1, 0.15) is 29.5 Å². The van der Waals surface area contributed by atoms with E-state index < -0.39 is 74.1 Å². The van der Waals surface area contributed by atoms with Gasteiger partial charge in [-0.1, -0.05) is 26.8 Å². The molecule has 3 fully saturated rings. The molecule has 0 bridgehead atoms. The number of rotatable bonds is 12. The molecule has 1 aromatic carbocycles. The number of pyridine rings is 1. The number of ether oxygens (including phenoxy) is 2. The summed E-state index contributed by atoms with van der Waals surface area (Å²) >= 11 is 0. The van der Waals surface area contributed by atoms with Gasteiger partial charge in [-0.25, -0.2) is 23.3 Å². The van der Waals surface area contributed by atoms with Crippen molar-refractivity contribution in [1.29, 1.82) is 0 Å². The molecule has 15 nitrogen and oxygen atoms in total. The van der Waals surface area contributed by atoms with Gasteiger partial charge in [0, 0.05) is 31.0 Å². The third kappa shape index (κ3) is 7.44. The number of hydrogen-bond acceptors (Lipinski definition) is 10. The standard InChI is InChI=1S/C33H44N6O9S/c1-8-20-17-33(20,30(42)37-49(44,45)23-10-11-23)36-27(40)25-16-22(48-28-24-12-9-21(46-6)15-19(24)13-14-34-28)18-39(25)29(41)26(32(2,3)4)35-31(43)38(5)47-7/h8-9,12-15,20,22-23,25-26H,1,10-11,16-18H2,2-7H3,(H,35,43)(H,36,40)(H,37,42)/t20-,22-,25+,26-,33-/m1/s1. The van der Waals surface area contributed by atoms with E-state index in [9.17, 15) is 27.6 Å². The lowest BCUT2D eigenvalue weighted by molar-refractivity contribution is -0.143. The molecule has 2 heterocycles. The van der Waals surface area contributed by atoms with Gasteiger partial charge < -0.3 is 25.0 Å². The summed E-state index contributed by atoms with van der Waals surface area (Å²) < 4.78 is 39.1. The maximum Gasteiger partial charge on any atom is 0.341 e. The van der Waals surface area contributed by atoms with Crippen LogP contribution in [0, 0.1) is 11.3 Å². The molecule has 0 radical (unpaired) electrons. The first-order valence-corrected chi connectivity index (χ1v) is 17.6. The van der Waals surface area contributed by atoms with Crippen molar-refractivity contribution in [2.75, 3.05) is 27.8 Å². The Kier molecular flexibility index (Phi) is 9.85. The van der Waals surface area contributed by atoms with E-state index in [1.807, 2.05) is 6.07 Å². The SMILES string of the molecule is C=C[C@@H]1C[C@]1(NC(=O)[C@@H]1C[C@@H](Oc2nccc3cc(OC)ccc23)CN1C(=O)[C@@H](NC(=O)N(C)OC)C(C)(C)C)C(=O)NS(=O)(=O)C1CC1. The zero-order chi connectivity index (χ0) is 35.9. The molecule has 0 unspecified atom stereocenters. The summed E-state index contributed by atoms with van der Waals surface area (Å²) in [5.74, 6) is -1.67. The number of nitrogens with one attached hydrogen (secondary N) is 3. The first-order chi connectivity index (χ1) is 23.0. The molecule has 2 aromatic rings. The fourth-order valence-corrected chi connectivity index (χ4v) is 7.38. The average molecular weight is 701 g/mol. The van der Waals surface area contributed by atoms with Crippen LogP contribution in [0.3, 0.4) is 0 Å². The highest BCUT2D eigenvalue weighted by molar-refractivity contribution is 7.91. The molecule has 2 saturated carbocycles. The first kappa shape index (κ1) is 35.9. The van der Waals surface area contributed by atoms with E-state index in [1.54, 1.807) is 52.3 Å². The van der Waals surface area contributed by atoms with Crippen LogP contribution in [-0.4, -0.2) is 104 Å². The predicted molar refractivity (Wildman–Crippen MR) is 179 cm³/mol. The van der Waals surface area contributed by atoms with Gasteiger partial charge in [0.15, 0.2) is 0 Å². The summed E-state index contributed by atoms with van der Waals surface area (Å²) in [6.07, 6.45) is 3.43. The van der Waals surface area contributed by atoms with Crippen LogP contribution in [0.4, 0.5) is 4.79 Å². The van der Waals surface area contributed by atoms with Gasteiger partial charge in [0.2, 0.25) is 27.7 Å².